The first-order valence-electron chi connectivity index (χ1n) is 8.19. The van der Waals surface area contributed by atoms with Crippen LogP contribution in [0, 0.1) is 0 Å². The van der Waals surface area contributed by atoms with Gasteiger partial charge < -0.3 is 15.2 Å². The monoisotopic (exact) mass is 326 g/mol. The van der Waals surface area contributed by atoms with Crippen molar-refractivity contribution < 1.29 is 0 Å². The van der Waals surface area contributed by atoms with Crippen LogP contribution in [0.3, 0.4) is 0 Å². The molecule has 1 aromatic rings. The molecule has 22 heavy (non-hydrogen) atoms. The number of nitrogens with one attached hydrogen (secondary N) is 2. The zero-order chi connectivity index (χ0) is 16.0. The van der Waals surface area contributed by atoms with Crippen molar-refractivity contribution in [3.8, 4) is 0 Å². The summed E-state index contributed by atoms with van der Waals surface area (Å²) in [4.78, 5) is 4.64. The average Bonchev–Trinajstić information content (AvgIpc) is 2.98. The Balaban J connectivity index is 2.38. The lowest BCUT2D eigenvalue weighted by Crippen LogP contribution is -2.40. The molecule has 2 N–H and O–H groups in total. The summed E-state index contributed by atoms with van der Waals surface area (Å²) in [6.45, 7) is 7.81. The number of nitrogens with zero attached hydrogens (tertiary/aromatic N) is 4. The minimum atomic E-state index is 0.823. The van der Waals surface area contributed by atoms with Gasteiger partial charge in [0.25, 0.3) is 0 Å². The summed E-state index contributed by atoms with van der Waals surface area (Å²) < 4.78 is 2.09. The SMILES string of the molecule is CCCCCN=C(NCCSC)NCCn1cnnc1CC. The first kappa shape index (κ1) is 18.8. The molecule has 126 valence electrons. The largest absolute Gasteiger partial charge is 0.356 e. The van der Waals surface area contributed by atoms with Gasteiger partial charge in [-0.25, -0.2) is 0 Å². The summed E-state index contributed by atoms with van der Waals surface area (Å²) in [6.07, 6.45) is 8.43. The minimum absolute atomic E-state index is 0.823. The number of unbranched alkanes of at least 4 members (excludes halogenated alkanes) is 2. The number of thioether (sulfide) groups is 1. The minimum Gasteiger partial charge on any atom is -0.356 e. The molecule has 0 unspecified atom stereocenters. The number of aliphatic imine (C=N–C) groups is 1. The molecular weight excluding hydrogens is 296 g/mol. The highest BCUT2D eigenvalue weighted by Gasteiger charge is 2.02. The normalized spacial score (nSPS) is 11.7. The highest BCUT2D eigenvalue weighted by atomic mass is 32.2. The maximum atomic E-state index is 4.64. The van der Waals surface area contributed by atoms with Gasteiger partial charge in [-0.15, -0.1) is 10.2 Å². The van der Waals surface area contributed by atoms with Gasteiger partial charge in [-0.1, -0.05) is 26.7 Å². The Hall–Kier alpha value is -1.24. The average molecular weight is 327 g/mol. The first-order chi connectivity index (χ1) is 10.8. The third-order valence-corrected chi connectivity index (χ3v) is 3.90. The van der Waals surface area contributed by atoms with E-state index in [9.17, 15) is 0 Å². The molecule has 0 aliphatic rings. The Bertz CT molecular complexity index is 418. The van der Waals surface area contributed by atoms with Crippen LogP contribution < -0.4 is 10.6 Å². The van der Waals surface area contributed by atoms with Gasteiger partial charge in [-0.2, -0.15) is 11.8 Å². The fourth-order valence-electron chi connectivity index (χ4n) is 2.03. The Morgan fingerprint density at radius 1 is 1.27 bits per heavy atom. The molecule has 0 amide bonds. The lowest BCUT2D eigenvalue weighted by Gasteiger charge is -2.13. The fourth-order valence-corrected chi connectivity index (χ4v) is 2.34. The van der Waals surface area contributed by atoms with E-state index in [4.69, 9.17) is 0 Å². The molecule has 0 fully saturated rings. The van der Waals surface area contributed by atoms with E-state index in [1.807, 2.05) is 11.8 Å². The van der Waals surface area contributed by atoms with Gasteiger partial charge in [0.2, 0.25) is 0 Å². The van der Waals surface area contributed by atoms with E-state index in [1.165, 1.54) is 12.8 Å². The van der Waals surface area contributed by atoms with Crippen LogP contribution >= 0.6 is 11.8 Å². The van der Waals surface area contributed by atoms with Crippen molar-refractivity contribution >= 4 is 17.7 Å². The summed E-state index contributed by atoms with van der Waals surface area (Å²) in [5.41, 5.74) is 0. The second-order valence-electron chi connectivity index (χ2n) is 5.08. The standard InChI is InChI=1S/C15H30N6S/c1-4-6-7-8-16-15(18-10-12-22-3)17-9-11-21-13-19-20-14(21)5-2/h13H,4-12H2,1-3H3,(H2,16,17,18). The van der Waals surface area contributed by atoms with Crippen LogP contribution in [-0.4, -0.2) is 52.4 Å². The van der Waals surface area contributed by atoms with E-state index in [2.05, 4.69) is 50.5 Å². The molecule has 1 heterocycles. The second kappa shape index (κ2) is 12.3. The van der Waals surface area contributed by atoms with Gasteiger partial charge in [0.05, 0.1) is 0 Å². The molecule has 7 heteroatoms. The van der Waals surface area contributed by atoms with Crippen LogP contribution in [0.25, 0.3) is 0 Å². The van der Waals surface area contributed by atoms with Crippen LogP contribution in [0.1, 0.15) is 38.9 Å². The Morgan fingerprint density at radius 2 is 2.09 bits per heavy atom. The highest BCUT2D eigenvalue weighted by molar-refractivity contribution is 7.98. The predicted molar refractivity (Wildman–Crippen MR) is 95.6 cm³/mol. The molecule has 0 aromatic carbocycles. The van der Waals surface area contributed by atoms with Crippen molar-refractivity contribution in [2.75, 3.05) is 31.6 Å². The molecule has 0 bridgehead atoms. The van der Waals surface area contributed by atoms with Gasteiger partial charge >= 0.3 is 0 Å². The summed E-state index contributed by atoms with van der Waals surface area (Å²) >= 11 is 1.84. The van der Waals surface area contributed by atoms with Crippen LogP contribution in [0.5, 0.6) is 0 Å². The van der Waals surface area contributed by atoms with Gasteiger partial charge in [0.15, 0.2) is 5.96 Å². The zero-order valence-electron chi connectivity index (χ0n) is 14.1. The van der Waals surface area contributed by atoms with Crippen LogP contribution in [0.4, 0.5) is 0 Å². The zero-order valence-corrected chi connectivity index (χ0v) is 15.0. The molecule has 0 saturated carbocycles. The smallest absolute Gasteiger partial charge is 0.191 e. The first-order valence-corrected chi connectivity index (χ1v) is 9.59. The highest BCUT2D eigenvalue weighted by Crippen LogP contribution is 1.96. The predicted octanol–water partition coefficient (Wildman–Crippen LogP) is 1.93. The Morgan fingerprint density at radius 3 is 2.82 bits per heavy atom. The van der Waals surface area contributed by atoms with Gasteiger partial charge in [-0.3, -0.25) is 4.99 Å². The van der Waals surface area contributed by atoms with E-state index >= 15 is 0 Å². The third-order valence-electron chi connectivity index (χ3n) is 3.29. The van der Waals surface area contributed by atoms with Gasteiger partial charge in [-0.05, 0) is 12.7 Å². The molecule has 0 spiro atoms. The Kier molecular flexibility index (Phi) is 10.5. The molecule has 0 saturated heterocycles. The number of aryl methyl sites for hydroxylation is 1. The van der Waals surface area contributed by atoms with Crippen molar-refractivity contribution in [2.24, 2.45) is 4.99 Å². The number of rotatable bonds is 11. The molecule has 0 aliphatic carbocycles. The quantitative estimate of drug-likeness (QED) is 0.369. The van der Waals surface area contributed by atoms with Crippen LogP contribution in [-0.2, 0) is 13.0 Å². The number of aromatic nitrogens is 3. The topological polar surface area (TPSA) is 67.1 Å². The molecule has 0 radical (unpaired) electrons. The van der Waals surface area contributed by atoms with E-state index in [0.717, 1.165) is 56.6 Å². The van der Waals surface area contributed by atoms with E-state index in [1.54, 1.807) is 6.33 Å². The lowest BCUT2D eigenvalue weighted by molar-refractivity contribution is 0.631. The Labute approximate surface area is 138 Å². The summed E-state index contributed by atoms with van der Waals surface area (Å²) in [5.74, 6) is 3.02. The van der Waals surface area contributed by atoms with Crippen LogP contribution in [0.15, 0.2) is 11.3 Å². The van der Waals surface area contributed by atoms with E-state index in [0.29, 0.717) is 0 Å². The maximum absolute atomic E-state index is 4.64. The fraction of sp³-hybridized carbons (Fsp3) is 0.800. The van der Waals surface area contributed by atoms with Crippen LogP contribution in [0.2, 0.25) is 0 Å². The lowest BCUT2D eigenvalue weighted by atomic mass is 10.2. The number of hydrogen-bond donors (Lipinski definition) is 2. The van der Waals surface area contributed by atoms with Crippen molar-refractivity contribution in [3.05, 3.63) is 12.2 Å². The number of hydrogen-bond acceptors (Lipinski definition) is 4. The molecule has 0 atom stereocenters. The second-order valence-corrected chi connectivity index (χ2v) is 6.06. The van der Waals surface area contributed by atoms with E-state index < -0.39 is 0 Å². The molecule has 1 aromatic heterocycles. The molecule has 6 nitrogen and oxygen atoms in total. The number of guanidine groups is 1. The van der Waals surface area contributed by atoms with Crippen molar-refractivity contribution in [2.45, 2.75) is 46.1 Å². The van der Waals surface area contributed by atoms with Crippen molar-refractivity contribution in [1.29, 1.82) is 0 Å². The molecule has 1 rings (SSSR count). The van der Waals surface area contributed by atoms with Crippen molar-refractivity contribution in [3.63, 3.8) is 0 Å². The summed E-state index contributed by atoms with van der Waals surface area (Å²) in [7, 11) is 0. The third kappa shape index (κ3) is 7.68. The van der Waals surface area contributed by atoms with E-state index in [-0.39, 0.29) is 0 Å². The van der Waals surface area contributed by atoms with Gasteiger partial charge in [0, 0.05) is 38.4 Å². The van der Waals surface area contributed by atoms with Crippen molar-refractivity contribution in [1.82, 2.24) is 25.4 Å². The summed E-state index contributed by atoms with van der Waals surface area (Å²) in [6, 6.07) is 0. The molecule has 0 aliphatic heterocycles. The maximum Gasteiger partial charge on any atom is 0.191 e. The molecular formula is C15H30N6S. The summed E-state index contributed by atoms with van der Waals surface area (Å²) in [5, 5.41) is 14.8. The van der Waals surface area contributed by atoms with Gasteiger partial charge in [0.1, 0.15) is 12.2 Å².